The third kappa shape index (κ3) is 5.54. The van der Waals surface area contributed by atoms with Crippen molar-refractivity contribution in [3.8, 4) is 33.4 Å². The smallest absolute Gasteiger partial charge is 0.135 e. The number of rotatable bonds is 7. The Balaban J connectivity index is 0.972. The monoisotopic (exact) mass is 817 g/mol. The minimum atomic E-state index is -0.518. The van der Waals surface area contributed by atoms with Gasteiger partial charge in [-0.1, -0.05) is 164 Å². The van der Waals surface area contributed by atoms with E-state index in [1.165, 1.54) is 33.4 Å². The first-order valence-corrected chi connectivity index (χ1v) is 21.9. The lowest BCUT2D eigenvalue weighted by Crippen LogP contribution is -2.28. The summed E-state index contributed by atoms with van der Waals surface area (Å²) in [5.74, 6) is 0. The predicted octanol–water partition coefficient (Wildman–Crippen LogP) is 16.7. The molecule has 0 bridgehead atoms. The Hall–Kier alpha value is -8.40. The molecular weight excluding hydrogens is 779 g/mol. The van der Waals surface area contributed by atoms with Gasteiger partial charge >= 0.3 is 0 Å². The molecule has 0 fully saturated rings. The van der Waals surface area contributed by atoms with Crippen molar-refractivity contribution in [2.24, 2.45) is 0 Å². The molecule has 300 valence electrons. The minimum Gasteiger partial charge on any atom is -0.456 e. The summed E-state index contributed by atoms with van der Waals surface area (Å²) in [5.41, 5.74) is 18.5. The molecule has 2 aromatic heterocycles. The lowest BCUT2D eigenvalue weighted by Gasteiger charge is -2.35. The van der Waals surface area contributed by atoms with Crippen molar-refractivity contribution in [3.05, 3.63) is 259 Å². The Labute approximate surface area is 370 Å². The lowest BCUT2D eigenvalue weighted by atomic mass is 9.67. The zero-order valence-electron chi connectivity index (χ0n) is 34.8. The van der Waals surface area contributed by atoms with Gasteiger partial charge in [-0.2, -0.15) is 0 Å². The van der Waals surface area contributed by atoms with Crippen LogP contribution in [-0.4, -0.2) is 0 Å². The van der Waals surface area contributed by atoms with Crippen molar-refractivity contribution < 1.29 is 8.83 Å². The molecule has 0 unspecified atom stereocenters. The molecule has 3 nitrogen and oxygen atoms in total. The fraction of sp³-hybridized carbons (Fsp3) is 0.0164. The highest BCUT2D eigenvalue weighted by Crippen LogP contribution is 2.57. The topological polar surface area (TPSA) is 29.5 Å². The summed E-state index contributed by atoms with van der Waals surface area (Å²) in [6.45, 7) is 0. The number of fused-ring (bicyclic) bond motifs is 9. The molecule has 0 aliphatic heterocycles. The van der Waals surface area contributed by atoms with Crippen LogP contribution in [0.25, 0.3) is 77.3 Å². The van der Waals surface area contributed by atoms with Crippen molar-refractivity contribution in [2.45, 2.75) is 5.41 Å². The molecule has 2 heterocycles. The Kier molecular flexibility index (Phi) is 8.13. The molecule has 12 aromatic rings. The Morgan fingerprint density at radius 3 is 1.25 bits per heavy atom. The van der Waals surface area contributed by atoms with Crippen LogP contribution >= 0.6 is 0 Å². The maximum Gasteiger partial charge on any atom is 0.135 e. The number of benzene rings is 10. The van der Waals surface area contributed by atoms with Gasteiger partial charge in [-0.3, -0.25) is 0 Å². The van der Waals surface area contributed by atoms with Crippen molar-refractivity contribution in [3.63, 3.8) is 0 Å². The van der Waals surface area contributed by atoms with Crippen LogP contribution in [0.2, 0.25) is 0 Å². The van der Waals surface area contributed by atoms with Gasteiger partial charge in [-0.15, -0.1) is 0 Å². The fourth-order valence-corrected chi connectivity index (χ4v) is 10.4. The second-order valence-electron chi connectivity index (χ2n) is 16.8. The molecule has 0 atom stereocenters. The highest BCUT2D eigenvalue weighted by atomic mass is 16.3. The molecule has 0 spiro atoms. The summed E-state index contributed by atoms with van der Waals surface area (Å²) in [7, 11) is 0. The zero-order valence-corrected chi connectivity index (χ0v) is 34.8. The van der Waals surface area contributed by atoms with Crippen LogP contribution in [0.3, 0.4) is 0 Å². The van der Waals surface area contributed by atoms with Crippen LogP contribution in [0, 0.1) is 0 Å². The molecule has 0 saturated heterocycles. The average molecular weight is 818 g/mol. The van der Waals surface area contributed by atoms with Gasteiger partial charge < -0.3 is 13.7 Å². The van der Waals surface area contributed by atoms with Crippen LogP contribution in [0.1, 0.15) is 22.3 Å². The van der Waals surface area contributed by atoms with Crippen molar-refractivity contribution in [2.75, 3.05) is 4.90 Å². The Bertz CT molecular complexity index is 3520. The maximum absolute atomic E-state index is 6.17. The fourth-order valence-electron chi connectivity index (χ4n) is 10.4. The molecule has 0 N–H and O–H groups in total. The van der Waals surface area contributed by atoms with Crippen molar-refractivity contribution >= 4 is 60.9 Å². The second-order valence-corrected chi connectivity index (χ2v) is 16.8. The van der Waals surface area contributed by atoms with Crippen LogP contribution in [0.5, 0.6) is 0 Å². The summed E-state index contributed by atoms with van der Waals surface area (Å²) in [4.78, 5) is 2.40. The number of hydrogen-bond acceptors (Lipinski definition) is 3. The van der Waals surface area contributed by atoms with E-state index < -0.39 is 5.41 Å². The maximum atomic E-state index is 6.17. The Morgan fingerprint density at radius 2 is 0.703 bits per heavy atom. The SMILES string of the molecule is c1ccc(C2(c3ccccc3)c3ccccc3-c3ccc(N(c4ccc(-c5ccc6oc7ccccc7c6c5)cc4)c4ccc(-c5ccc6oc7ccccc7c6c5)cc4)cc32)cc1. The number of anilines is 3. The van der Waals surface area contributed by atoms with E-state index in [2.05, 4.69) is 217 Å². The summed E-state index contributed by atoms with van der Waals surface area (Å²) >= 11 is 0. The van der Waals surface area contributed by atoms with E-state index in [0.29, 0.717) is 0 Å². The standard InChI is InChI=1S/C61H39NO2/c1-3-13-44(14-4-1)61(45-15-5-2-6-16-45)55-20-10-7-17-49(55)50-34-33-48(39-56(50)61)62(46-29-23-40(24-30-46)42-27-35-59-53(37-42)51-18-8-11-21-57(51)63-59)47-31-25-41(26-32-47)43-28-36-60-54(38-43)52-19-9-12-22-58(52)64-60/h1-39H. The average Bonchev–Trinajstić information content (AvgIpc) is 4.03. The Morgan fingerprint density at radius 1 is 0.281 bits per heavy atom. The highest BCUT2D eigenvalue weighted by Gasteiger charge is 2.46. The summed E-state index contributed by atoms with van der Waals surface area (Å²) < 4.78 is 12.3. The summed E-state index contributed by atoms with van der Waals surface area (Å²) in [6.07, 6.45) is 0. The van der Waals surface area contributed by atoms with Crippen LogP contribution in [0.15, 0.2) is 245 Å². The van der Waals surface area contributed by atoms with Crippen LogP contribution < -0.4 is 4.90 Å². The normalized spacial score (nSPS) is 12.8. The summed E-state index contributed by atoms with van der Waals surface area (Å²) in [6, 6.07) is 85.5. The quantitative estimate of drug-likeness (QED) is 0.160. The van der Waals surface area contributed by atoms with Gasteiger partial charge in [0.25, 0.3) is 0 Å². The molecule has 0 amide bonds. The van der Waals surface area contributed by atoms with Crippen molar-refractivity contribution in [1.29, 1.82) is 0 Å². The first-order valence-electron chi connectivity index (χ1n) is 21.9. The van der Waals surface area contributed by atoms with E-state index >= 15 is 0 Å². The highest BCUT2D eigenvalue weighted by molar-refractivity contribution is 6.07. The number of nitrogens with zero attached hydrogens (tertiary/aromatic N) is 1. The number of para-hydroxylation sites is 2. The molecule has 3 heteroatoms. The van der Waals surface area contributed by atoms with Gasteiger partial charge in [0.1, 0.15) is 22.3 Å². The van der Waals surface area contributed by atoms with Crippen LogP contribution in [0.4, 0.5) is 17.1 Å². The number of furan rings is 2. The molecule has 1 aliphatic rings. The molecule has 13 rings (SSSR count). The van der Waals surface area contributed by atoms with E-state index in [1.54, 1.807) is 0 Å². The molecule has 0 saturated carbocycles. The minimum absolute atomic E-state index is 0.518. The largest absolute Gasteiger partial charge is 0.456 e. The lowest BCUT2D eigenvalue weighted by molar-refractivity contribution is 0.668. The molecule has 10 aromatic carbocycles. The molecule has 0 radical (unpaired) electrons. The van der Waals surface area contributed by atoms with Crippen LogP contribution in [-0.2, 0) is 5.41 Å². The van der Waals surface area contributed by atoms with E-state index in [1.807, 2.05) is 24.3 Å². The van der Waals surface area contributed by atoms with E-state index in [9.17, 15) is 0 Å². The van der Waals surface area contributed by atoms with Gasteiger partial charge in [0, 0.05) is 38.6 Å². The zero-order chi connectivity index (χ0) is 42.2. The molecular formula is C61H39NO2. The van der Waals surface area contributed by atoms with E-state index in [-0.39, 0.29) is 0 Å². The third-order valence-electron chi connectivity index (χ3n) is 13.4. The van der Waals surface area contributed by atoms with Gasteiger partial charge in [0.2, 0.25) is 0 Å². The first kappa shape index (κ1) is 36.3. The molecule has 1 aliphatic carbocycles. The first-order chi connectivity index (χ1) is 31.7. The predicted molar refractivity (Wildman–Crippen MR) is 264 cm³/mol. The summed E-state index contributed by atoms with van der Waals surface area (Å²) in [5, 5.41) is 4.51. The van der Waals surface area contributed by atoms with Gasteiger partial charge in [0.05, 0.1) is 5.41 Å². The van der Waals surface area contributed by atoms with Gasteiger partial charge in [-0.25, -0.2) is 0 Å². The van der Waals surface area contributed by atoms with E-state index in [0.717, 1.165) is 83.2 Å². The van der Waals surface area contributed by atoms with E-state index in [4.69, 9.17) is 8.83 Å². The van der Waals surface area contributed by atoms with Crippen molar-refractivity contribution in [1.82, 2.24) is 0 Å². The third-order valence-corrected chi connectivity index (χ3v) is 13.4. The van der Waals surface area contributed by atoms with Gasteiger partial charge in [0.15, 0.2) is 0 Å². The van der Waals surface area contributed by atoms with Gasteiger partial charge in [-0.05, 0) is 128 Å². The molecule has 64 heavy (non-hydrogen) atoms. The number of hydrogen-bond donors (Lipinski definition) is 0. The second kappa shape index (κ2) is 14.3.